The van der Waals surface area contributed by atoms with E-state index < -0.39 is 0 Å². The molecule has 1 aromatic heterocycles. The van der Waals surface area contributed by atoms with Crippen molar-refractivity contribution < 1.29 is 4.79 Å². The molecule has 100 valence electrons. The highest BCUT2D eigenvalue weighted by Gasteiger charge is 2.16. The fourth-order valence-electron chi connectivity index (χ4n) is 2.06. The van der Waals surface area contributed by atoms with Crippen LogP contribution in [0, 0.1) is 0 Å². The van der Waals surface area contributed by atoms with Gasteiger partial charge in [-0.25, -0.2) is 0 Å². The molecule has 0 radical (unpaired) electrons. The lowest BCUT2D eigenvalue weighted by Crippen LogP contribution is -2.34. The molecule has 0 aliphatic heterocycles. The normalized spacial score (nSPS) is 10.9. The van der Waals surface area contributed by atoms with Crippen molar-refractivity contribution in [1.82, 2.24) is 9.88 Å². The van der Waals surface area contributed by atoms with Gasteiger partial charge in [0.1, 0.15) is 5.56 Å². The second-order valence-corrected chi connectivity index (χ2v) is 4.85. The van der Waals surface area contributed by atoms with Gasteiger partial charge in [0.05, 0.1) is 10.9 Å². The predicted octanol–water partition coefficient (Wildman–Crippen LogP) is 1.26. The number of nitrogens with two attached hydrogens (primary N) is 1. The Balaban J connectivity index is 2.72. The zero-order valence-electron chi connectivity index (χ0n) is 11.2. The molecule has 0 aliphatic carbocycles. The predicted molar refractivity (Wildman–Crippen MR) is 76.2 cm³/mol. The minimum Gasteiger partial charge on any atom is -0.398 e. The summed E-state index contributed by atoms with van der Waals surface area (Å²) < 4.78 is 1.74. The zero-order chi connectivity index (χ0) is 14.2. The topological polar surface area (TPSA) is 77.1 Å². The van der Waals surface area contributed by atoms with Gasteiger partial charge in [-0.3, -0.25) is 9.59 Å². The van der Waals surface area contributed by atoms with Crippen LogP contribution in [0.5, 0.6) is 0 Å². The van der Waals surface area contributed by atoms with Crippen molar-refractivity contribution in [3.8, 4) is 0 Å². The number of pyridine rings is 1. The SMILES string of the molecule is CC(C)NC(=O)c1cn(C)c2cccc(N)c2c1=O. The molecule has 0 aliphatic rings. The molecule has 0 atom stereocenters. The van der Waals surface area contributed by atoms with E-state index in [-0.39, 0.29) is 22.9 Å². The summed E-state index contributed by atoms with van der Waals surface area (Å²) >= 11 is 0. The van der Waals surface area contributed by atoms with Crippen LogP contribution in [0.3, 0.4) is 0 Å². The number of benzene rings is 1. The van der Waals surface area contributed by atoms with Crippen molar-refractivity contribution >= 4 is 22.5 Å². The van der Waals surface area contributed by atoms with E-state index in [4.69, 9.17) is 5.73 Å². The fraction of sp³-hybridized carbons (Fsp3) is 0.286. The Morgan fingerprint density at radius 3 is 2.68 bits per heavy atom. The first kappa shape index (κ1) is 13.1. The number of nitrogens with one attached hydrogen (secondary N) is 1. The molecular formula is C14H17N3O2. The molecule has 0 saturated carbocycles. The Labute approximate surface area is 111 Å². The van der Waals surface area contributed by atoms with Crippen molar-refractivity contribution in [2.45, 2.75) is 19.9 Å². The van der Waals surface area contributed by atoms with Crippen molar-refractivity contribution in [2.75, 3.05) is 5.73 Å². The summed E-state index contributed by atoms with van der Waals surface area (Å²) in [4.78, 5) is 24.4. The third kappa shape index (κ3) is 2.31. The lowest BCUT2D eigenvalue weighted by atomic mass is 10.1. The first-order chi connectivity index (χ1) is 8.91. The summed E-state index contributed by atoms with van der Waals surface area (Å²) in [7, 11) is 1.79. The van der Waals surface area contributed by atoms with Gasteiger partial charge in [0.2, 0.25) is 5.43 Å². The Morgan fingerprint density at radius 2 is 2.05 bits per heavy atom. The lowest BCUT2D eigenvalue weighted by Gasteiger charge is -2.12. The molecule has 0 spiro atoms. The van der Waals surface area contributed by atoms with Crippen LogP contribution >= 0.6 is 0 Å². The van der Waals surface area contributed by atoms with Gasteiger partial charge in [0.25, 0.3) is 5.91 Å². The van der Waals surface area contributed by atoms with Crippen LogP contribution in [-0.2, 0) is 7.05 Å². The molecule has 5 nitrogen and oxygen atoms in total. The third-order valence-electron chi connectivity index (χ3n) is 2.91. The average Bonchev–Trinajstić information content (AvgIpc) is 2.32. The molecule has 0 unspecified atom stereocenters. The number of anilines is 1. The van der Waals surface area contributed by atoms with E-state index in [2.05, 4.69) is 5.32 Å². The summed E-state index contributed by atoms with van der Waals surface area (Å²) in [6.45, 7) is 3.69. The smallest absolute Gasteiger partial charge is 0.256 e. The lowest BCUT2D eigenvalue weighted by molar-refractivity contribution is 0.0941. The molecule has 19 heavy (non-hydrogen) atoms. The Bertz CT molecular complexity index is 702. The van der Waals surface area contributed by atoms with Gasteiger partial charge in [-0.2, -0.15) is 0 Å². The maximum atomic E-state index is 12.4. The van der Waals surface area contributed by atoms with E-state index in [0.29, 0.717) is 16.6 Å². The van der Waals surface area contributed by atoms with Crippen LogP contribution in [0.25, 0.3) is 10.9 Å². The highest BCUT2D eigenvalue weighted by molar-refractivity contribution is 6.00. The molecule has 0 fully saturated rings. The van der Waals surface area contributed by atoms with Gasteiger partial charge in [-0.1, -0.05) is 6.07 Å². The molecule has 1 heterocycles. The first-order valence-electron chi connectivity index (χ1n) is 6.10. The van der Waals surface area contributed by atoms with E-state index in [1.165, 1.54) is 0 Å². The minimum atomic E-state index is -0.374. The molecular weight excluding hydrogens is 242 g/mol. The molecule has 1 amide bonds. The average molecular weight is 259 g/mol. The van der Waals surface area contributed by atoms with Crippen molar-refractivity contribution in [1.29, 1.82) is 0 Å². The number of hydrogen-bond donors (Lipinski definition) is 2. The maximum Gasteiger partial charge on any atom is 0.256 e. The monoisotopic (exact) mass is 259 g/mol. The van der Waals surface area contributed by atoms with Crippen molar-refractivity contribution in [3.05, 3.63) is 40.2 Å². The van der Waals surface area contributed by atoms with Gasteiger partial charge in [-0.15, -0.1) is 0 Å². The van der Waals surface area contributed by atoms with Crippen LogP contribution in [0.4, 0.5) is 5.69 Å². The number of nitrogen functional groups attached to an aromatic ring is 1. The molecule has 3 N–H and O–H groups in total. The highest BCUT2D eigenvalue weighted by Crippen LogP contribution is 2.17. The number of aryl methyl sites for hydroxylation is 1. The molecule has 5 heteroatoms. The largest absolute Gasteiger partial charge is 0.398 e. The third-order valence-corrected chi connectivity index (χ3v) is 2.91. The summed E-state index contributed by atoms with van der Waals surface area (Å²) in [6.07, 6.45) is 1.54. The van der Waals surface area contributed by atoms with E-state index in [1.807, 2.05) is 13.8 Å². The van der Waals surface area contributed by atoms with E-state index in [9.17, 15) is 9.59 Å². The molecule has 0 saturated heterocycles. The Morgan fingerprint density at radius 1 is 1.37 bits per heavy atom. The maximum absolute atomic E-state index is 12.4. The molecule has 0 bridgehead atoms. The number of hydrogen-bond acceptors (Lipinski definition) is 3. The Hall–Kier alpha value is -2.30. The summed E-state index contributed by atoms with van der Waals surface area (Å²) in [5.41, 5.74) is 6.73. The Kier molecular flexibility index (Phi) is 3.29. The first-order valence-corrected chi connectivity index (χ1v) is 6.10. The molecule has 1 aromatic carbocycles. The van der Waals surface area contributed by atoms with Gasteiger partial charge in [0.15, 0.2) is 0 Å². The number of amides is 1. The minimum absolute atomic E-state index is 0.0268. The van der Waals surface area contributed by atoms with E-state index in [1.54, 1.807) is 36.0 Å². The van der Waals surface area contributed by atoms with Gasteiger partial charge >= 0.3 is 0 Å². The van der Waals surface area contributed by atoms with Crippen molar-refractivity contribution in [3.63, 3.8) is 0 Å². The quantitative estimate of drug-likeness (QED) is 0.797. The second-order valence-electron chi connectivity index (χ2n) is 4.85. The van der Waals surface area contributed by atoms with Gasteiger partial charge in [0, 0.05) is 25.0 Å². The summed E-state index contributed by atoms with van der Waals surface area (Å²) in [5.74, 6) is -0.374. The fourth-order valence-corrected chi connectivity index (χ4v) is 2.06. The van der Waals surface area contributed by atoms with Crippen LogP contribution in [0.15, 0.2) is 29.2 Å². The van der Waals surface area contributed by atoms with Gasteiger partial charge < -0.3 is 15.6 Å². The number of fused-ring (bicyclic) bond motifs is 1. The molecule has 2 aromatic rings. The second kappa shape index (κ2) is 4.76. The summed E-state index contributed by atoms with van der Waals surface area (Å²) in [6, 6.07) is 5.22. The van der Waals surface area contributed by atoms with E-state index in [0.717, 1.165) is 0 Å². The summed E-state index contributed by atoms with van der Waals surface area (Å²) in [5, 5.41) is 3.11. The van der Waals surface area contributed by atoms with Crippen LogP contribution < -0.4 is 16.5 Å². The van der Waals surface area contributed by atoms with Crippen LogP contribution in [0.1, 0.15) is 24.2 Å². The van der Waals surface area contributed by atoms with Crippen LogP contribution in [0.2, 0.25) is 0 Å². The number of rotatable bonds is 2. The van der Waals surface area contributed by atoms with Gasteiger partial charge in [-0.05, 0) is 26.0 Å². The van der Waals surface area contributed by atoms with Crippen molar-refractivity contribution in [2.24, 2.45) is 7.05 Å². The molecule has 2 rings (SSSR count). The standard InChI is InChI=1S/C14H17N3O2/c1-8(2)16-14(19)9-7-17(3)11-6-4-5-10(15)12(11)13(9)18/h4-8H,15H2,1-3H3,(H,16,19). The number of aromatic nitrogens is 1. The van der Waals surface area contributed by atoms with Crippen LogP contribution in [-0.4, -0.2) is 16.5 Å². The van der Waals surface area contributed by atoms with E-state index >= 15 is 0 Å². The number of carbonyl (C=O) groups is 1. The number of carbonyl (C=O) groups excluding carboxylic acids is 1. The zero-order valence-corrected chi connectivity index (χ0v) is 11.2. The number of nitrogens with zero attached hydrogens (tertiary/aromatic N) is 1. The highest BCUT2D eigenvalue weighted by atomic mass is 16.2.